The number of aryl methyl sites for hydroxylation is 1. The Bertz CT molecular complexity index is 1290. The number of hydrogen-bond acceptors (Lipinski definition) is 9. The summed E-state index contributed by atoms with van der Waals surface area (Å²) in [5.74, 6) is -0.956. The van der Waals surface area contributed by atoms with Gasteiger partial charge in [-0.1, -0.05) is 29.8 Å². The van der Waals surface area contributed by atoms with Crippen LogP contribution in [-0.4, -0.2) is 86.0 Å². The minimum Gasteiger partial charge on any atom is -0.348 e. The number of amides is 1. The van der Waals surface area contributed by atoms with Crippen LogP contribution in [0.1, 0.15) is 29.6 Å². The fourth-order valence-corrected chi connectivity index (χ4v) is 3.89. The number of aromatic nitrogens is 5. The van der Waals surface area contributed by atoms with Crippen LogP contribution in [0.2, 0.25) is 0 Å². The Morgan fingerprint density at radius 2 is 1.77 bits per heavy atom. The van der Waals surface area contributed by atoms with Gasteiger partial charge in [0.1, 0.15) is 0 Å². The molecule has 1 aliphatic heterocycles. The fraction of sp³-hybridized carbons (Fsp3) is 0.478. The van der Waals surface area contributed by atoms with E-state index < -0.39 is 17.2 Å². The Labute approximate surface area is 202 Å². The molecule has 0 spiro atoms. The van der Waals surface area contributed by atoms with Gasteiger partial charge in [0, 0.05) is 39.8 Å². The quantitative estimate of drug-likeness (QED) is 0.442. The average Bonchev–Trinajstić information content (AvgIpc) is 3.36. The van der Waals surface area contributed by atoms with Crippen LogP contribution in [0.15, 0.2) is 38.4 Å². The van der Waals surface area contributed by atoms with Gasteiger partial charge in [-0.15, -0.1) is 0 Å². The van der Waals surface area contributed by atoms with E-state index >= 15 is 0 Å². The van der Waals surface area contributed by atoms with Gasteiger partial charge in [0.15, 0.2) is 5.69 Å². The van der Waals surface area contributed by atoms with Gasteiger partial charge >= 0.3 is 17.5 Å². The van der Waals surface area contributed by atoms with Crippen LogP contribution in [0.4, 0.5) is 0 Å². The van der Waals surface area contributed by atoms with E-state index in [1.807, 2.05) is 19.1 Å². The zero-order chi connectivity index (χ0) is 24.9. The molecule has 0 saturated carbocycles. The smallest absolute Gasteiger partial charge is 0.348 e. The van der Waals surface area contributed by atoms with Gasteiger partial charge in [-0.3, -0.25) is 14.2 Å². The molecular weight excluding hydrogens is 452 g/mol. The van der Waals surface area contributed by atoms with Crippen molar-refractivity contribution in [2.75, 3.05) is 45.8 Å². The predicted octanol–water partition coefficient (Wildman–Crippen LogP) is 0.0470. The maximum atomic E-state index is 12.7. The van der Waals surface area contributed by atoms with E-state index in [-0.39, 0.29) is 17.4 Å². The number of nitrogens with zero attached hydrogens (tertiary/aromatic N) is 7. The third-order valence-electron chi connectivity index (χ3n) is 6.13. The van der Waals surface area contributed by atoms with E-state index in [2.05, 4.69) is 37.3 Å². The van der Waals surface area contributed by atoms with E-state index in [1.165, 1.54) is 7.05 Å². The lowest BCUT2D eigenvalue weighted by Crippen LogP contribution is -2.46. The first-order chi connectivity index (χ1) is 16.9. The molecular formula is C23H30N8O4. The lowest BCUT2D eigenvalue weighted by Gasteiger charge is -2.33. The first-order valence-corrected chi connectivity index (χ1v) is 11.7. The highest BCUT2D eigenvalue weighted by molar-refractivity contribution is 5.89. The topological polar surface area (TPSA) is 131 Å². The maximum absolute atomic E-state index is 12.7. The molecule has 1 saturated heterocycles. The van der Waals surface area contributed by atoms with E-state index in [0.29, 0.717) is 12.2 Å². The van der Waals surface area contributed by atoms with Gasteiger partial charge in [0.25, 0.3) is 5.56 Å². The van der Waals surface area contributed by atoms with Crippen LogP contribution in [0, 0.1) is 6.92 Å². The van der Waals surface area contributed by atoms with Gasteiger partial charge < -0.3 is 19.6 Å². The molecule has 0 unspecified atom stereocenters. The standard InChI is InChI=1S/C23H30N8O4/c1-4-29-12-14-30(15-13-29)11-5-10-24-20(32)21-25-19(27-35-21)18-22(33)28(3)23(34)31(26-18)17-8-6-16(2)7-9-17/h6-9H,4-5,10-15H2,1-3H3,(H,24,32). The number of nitrogens with one attached hydrogen (secondary N) is 1. The normalized spacial score (nSPS) is 14.8. The van der Waals surface area contributed by atoms with Crippen molar-refractivity contribution >= 4 is 5.91 Å². The highest BCUT2D eigenvalue weighted by Gasteiger charge is 2.22. The van der Waals surface area contributed by atoms with Gasteiger partial charge in [0.2, 0.25) is 5.82 Å². The van der Waals surface area contributed by atoms with Crippen molar-refractivity contribution in [3.8, 4) is 17.2 Å². The maximum Gasteiger partial charge on any atom is 0.351 e. The van der Waals surface area contributed by atoms with Crippen molar-refractivity contribution in [1.29, 1.82) is 0 Å². The lowest BCUT2D eigenvalue weighted by atomic mass is 10.2. The Kier molecular flexibility index (Phi) is 7.51. The molecule has 12 nitrogen and oxygen atoms in total. The Balaban J connectivity index is 1.41. The molecule has 1 aromatic carbocycles. The third kappa shape index (κ3) is 5.54. The highest BCUT2D eigenvalue weighted by atomic mass is 16.5. The molecule has 0 radical (unpaired) electrons. The minimum atomic E-state index is -0.686. The van der Waals surface area contributed by atoms with E-state index in [9.17, 15) is 14.4 Å². The number of likely N-dealkylation sites (N-methyl/N-ethyl adjacent to an activating group) is 1. The molecule has 0 atom stereocenters. The van der Waals surface area contributed by atoms with Gasteiger partial charge in [-0.05, 0) is 38.6 Å². The molecule has 12 heteroatoms. The Morgan fingerprint density at radius 3 is 2.46 bits per heavy atom. The number of rotatable bonds is 8. The van der Waals surface area contributed by atoms with Crippen LogP contribution in [0.3, 0.4) is 0 Å². The summed E-state index contributed by atoms with van der Waals surface area (Å²) < 4.78 is 7.08. The molecule has 1 amide bonds. The van der Waals surface area contributed by atoms with Crippen molar-refractivity contribution in [3.05, 3.63) is 56.6 Å². The zero-order valence-corrected chi connectivity index (χ0v) is 20.2. The number of piperazine rings is 1. The van der Waals surface area contributed by atoms with Crippen LogP contribution in [-0.2, 0) is 7.05 Å². The molecule has 35 heavy (non-hydrogen) atoms. The molecule has 1 N–H and O–H groups in total. The summed E-state index contributed by atoms with van der Waals surface area (Å²) in [5, 5.41) is 10.7. The van der Waals surface area contributed by atoms with E-state index in [1.54, 1.807) is 12.1 Å². The largest absolute Gasteiger partial charge is 0.351 e. The lowest BCUT2D eigenvalue weighted by molar-refractivity contribution is 0.0904. The van der Waals surface area contributed by atoms with Crippen molar-refractivity contribution in [2.24, 2.45) is 7.05 Å². The Morgan fingerprint density at radius 1 is 1.09 bits per heavy atom. The van der Waals surface area contributed by atoms with Gasteiger partial charge in [0.05, 0.1) is 5.69 Å². The summed E-state index contributed by atoms with van der Waals surface area (Å²) in [6.07, 6.45) is 0.794. The van der Waals surface area contributed by atoms with Crippen molar-refractivity contribution in [3.63, 3.8) is 0 Å². The zero-order valence-electron chi connectivity index (χ0n) is 20.2. The SMILES string of the molecule is CCN1CCN(CCCNC(=O)c2nc(-c3nn(-c4ccc(C)cc4)c(=O)n(C)c3=O)no2)CC1. The predicted molar refractivity (Wildman–Crippen MR) is 129 cm³/mol. The second kappa shape index (κ2) is 10.7. The average molecular weight is 483 g/mol. The van der Waals surface area contributed by atoms with Gasteiger partial charge in [-0.25, -0.2) is 4.79 Å². The monoisotopic (exact) mass is 482 g/mol. The fourth-order valence-electron chi connectivity index (χ4n) is 3.89. The van der Waals surface area contributed by atoms with Crippen molar-refractivity contribution in [1.82, 2.24) is 39.6 Å². The summed E-state index contributed by atoms with van der Waals surface area (Å²) >= 11 is 0. The molecule has 3 aromatic rings. The molecule has 1 fully saturated rings. The summed E-state index contributed by atoms with van der Waals surface area (Å²) in [7, 11) is 1.34. The first-order valence-electron chi connectivity index (χ1n) is 11.7. The van der Waals surface area contributed by atoms with Crippen LogP contribution >= 0.6 is 0 Å². The molecule has 2 aromatic heterocycles. The summed E-state index contributed by atoms with van der Waals surface area (Å²) in [6, 6.07) is 7.10. The number of carbonyl (C=O) groups is 1. The molecule has 0 aliphatic carbocycles. The number of carbonyl (C=O) groups excluding carboxylic acids is 1. The molecule has 3 heterocycles. The van der Waals surface area contributed by atoms with E-state index in [4.69, 9.17) is 4.52 Å². The first kappa shape index (κ1) is 24.5. The third-order valence-corrected chi connectivity index (χ3v) is 6.13. The Hall–Kier alpha value is -3.64. The number of hydrogen-bond donors (Lipinski definition) is 1. The van der Waals surface area contributed by atoms with Crippen molar-refractivity contribution < 1.29 is 9.32 Å². The highest BCUT2D eigenvalue weighted by Crippen LogP contribution is 2.11. The van der Waals surface area contributed by atoms with Gasteiger partial charge in [-0.2, -0.15) is 14.8 Å². The molecule has 1 aliphatic rings. The summed E-state index contributed by atoms with van der Waals surface area (Å²) in [5.41, 5.74) is 0.00547. The number of benzene rings is 1. The van der Waals surface area contributed by atoms with Crippen LogP contribution in [0.5, 0.6) is 0 Å². The molecule has 4 rings (SSSR count). The van der Waals surface area contributed by atoms with Crippen LogP contribution < -0.4 is 16.6 Å². The van der Waals surface area contributed by atoms with E-state index in [0.717, 1.165) is 60.5 Å². The molecule has 186 valence electrons. The summed E-state index contributed by atoms with van der Waals surface area (Å²) in [6.45, 7) is 10.7. The van der Waals surface area contributed by atoms with Crippen molar-refractivity contribution in [2.45, 2.75) is 20.3 Å². The second-order valence-electron chi connectivity index (χ2n) is 8.55. The minimum absolute atomic E-state index is 0.162. The second-order valence-corrected chi connectivity index (χ2v) is 8.55. The molecule has 0 bridgehead atoms. The summed E-state index contributed by atoms with van der Waals surface area (Å²) in [4.78, 5) is 46.6. The van der Waals surface area contributed by atoms with Crippen LogP contribution in [0.25, 0.3) is 17.2 Å².